The smallest absolute Gasteiger partial charge is 0.165 e. The van der Waals surface area contributed by atoms with Crippen LogP contribution >= 0.6 is 0 Å². The molecule has 0 radical (unpaired) electrons. The Morgan fingerprint density at radius 1 is 1.61 bits per heavy atom. The highest BCUT2D eigenvalue weighted by molar-refractivity contribution is 5.96. The zero-order valence-electron chi connectivity index (χ0n) is 10.2. The van der Waals surface area contributed by atoms with Gasteiger partial charge in [0.2, 0.25) is 0 Å². The Bertz CT molecular complexity index is 430. The van der Waals surface area contributed by atoms with E-state index in [1.54, 1.807) is 6.07 Å². The van der Waals surface area contributed by atoms with E-state index < -0.39 is 5.82 Å². The molecule has 0 bridgehead atoms. The average Bonchev–Trinajstić information content (AvgIpc) is 2.39. The molecule has 1 aromatic rings. The monoisotopic (exact) mass is 253 g/mol. The third-order valence-electron chi connectivity index (χ3n) is 2.90. The zero-order chi connectivity index (χ0) is 13.0. The zero-order valence-corrected chi connectivity index (χ0v) is 10.2. The van der Waals surface area contributed by atoms with Gasteiger partial charge in [0, 0.05) is 24.6 Å². The number of ketones is 1. The number of halogens is 1. The van der Waals surface area contributed by atoms with E-state index in [2.05, 4.69) is 5.32 Å². The predicted molar refractivity (Wildman–Crippen MR) is 64.5 cm³/mol. The summed E-state index contributed by atoms with van der Waals surface area (Å²) in [5.41, 5.74) is 0.362. The van der Waals surface area contributed by atoms with Crippen molar-refractivity contribution in [3.8, 4) is 5.75 Å². The first-order chi connectivity index (χ1) is 8.70. The Morgan fingerprint density at radius 2 is 2.44 bits per heavy atom. The van der Waals surface area contributed by atoms with Gasteiger partial charge in [-0.2, -0.15) is 0 Å². The summed E-state index contributed by atoms with van der Waals surface area (Å²) >= 11 is 0. The Morgan fingerprint density at radius 3 is 3.06 bits per heavy atom. The van der Waals surface area contributed by atoms with Gasteiger partial charge in [0.05, 0.1) is 20.3 Å². The maximum atomic E-state index is 13.5. The second kappa shape index (κ2) is 5.93. The normalized spacial score (nSPS) is 19.6. The van der Waals surface area contributed by atoms with Gasteiger partial charge in [0.15, 0.2) is 17.3 Å². The Kier molecular flexibility index (Phi) is 4.28. The minimum Gasteiger partial charge on any atom is -0.494 e. The summed E-state index contributed by atoms with van der Waals surface area (Å²) < 4.78 is 23.6. The standard InChI is InChI=1S/C13H16FNO3/c1-17-13-3-2-9(6-11(13)14)12(16)7-10-8-18-5-4-15-10/h2-3,6,10,15H,4-5,7-8H2,1H3. The van der Waals surface area contributed by atoms with Crippen LogP contribution in [0.3, 0.4) is 0 Å². The number of benzene rings is 1. The fourth-order valence-corrected chi connectivity index (χ4v) is 1.93. The molecule has 5 heteroatoms. The van der Waals surface area contributed by atoms with Crippen LogP contribution in [0.4, 0.5) is 4.39 Å². The lowest BCUT2D eigenvalue weighted by Crippen LogP contribution is -2.42. The molecular weight excluding hydrogens is 237 g/mol. The predicted octanol–water partition coefficient (Wildman–Crippen LogP) is 1.40. The first kappa shape index (κ1) is 13.0. The molecule has 1 aromatic carbocycles. The maximum Gasteiger partial charge on any atom is 0.165 e. The van der Waals surface area contributed by atoms with Crippen molar-refractivity contribution in [2.24, 2.45) is 0 Å². The van der Waals surface area contributed by atoms with Crippen LogP contribution in [0.2, 0.25) is 0 Å². The molecule has 0 spiro atoms. The molecule has 1 heterocycles. The van der Waals surface area contributed by atoms with Gasteiger partial charge in [-0.25, -0.2) is 4.39 Å². The topological polar surface area (TPSA) is 47.6 Å². The molecule has 1 aliphatic rings. The first-order valence-corrected chi connectivity index (χ1v) is 5.88. The molecule has 0 aliphatic carbocycles. The molecule has 2 rings (SSSR count). The summed E-state index contributed by atoms with van der Waals surface area (Å²) in [5.74, 6) is -0.471. The molecule has 1 aliphatic heterocycles. The minimum absolute atomic E-state index is 0.0106. The van der Waals surface area contributed by atoms with Crippen molar-refractivity contribution in [2.45, 2.75) is 12.5 Å². The van der Waals surface area contributed by atoms with Crippen LogP contribution in [-0.4, -0.2) is 38.7 Å². The van der Waals surface area contributed by atoms with Crippen LogP contribution in [0.15, 0.2) is 18.2 Å². The third-order valence-corrected chi connectivity index (χ3v) is 2.90. The number of Topliss-reactive ketones (excluding diaryl/α,β-unsaturated/α-hetero) is 1. The van der Waals surface area contributed by atoms with Gasteiger partial charge in [-0.15, -0.1) is 0 Å². The van der Waals surface area contributed by atoms with Crippen LogP contribution in [0.5, 0.6) is 5.75 Å². The molecule has 1 N–H and O–H groups in total. The highest BCUT2D eigenvalue weighted by Gasteiger charge is 2.18. The van der Waals surface area contributed by atoms with Crippen molar-refractivity contribution < 1.29 is 18.7 Å². The second-order valence-corrected chi connectivity index (χ2v) is 4.20. The Balaban J connectivity index is 2.01. The lowest BCUT2D eigenvalue weighted by molar-refractivity contribution is 0.0676. The molecule has 0 aromatic heterocycles. The summed E-state index contributed by atoms with van der Waals surface area (Å²) in [5, 5.41) is 3.19. The maximum absolute atomic E-state index is 13.5. The molecule has 4 nitrogen and oxygen atoms in total. The van der Waals surface area contributed by atoms with E-state index in [1.807, 2.05) is 0 Å². The average molecular weight is 253 g/mol. The van der Waals surface area contributed by atoms with Crippen molar-refractivity contribution >= 4 is 5.78 Å². The fraction of sp³-hybridized carbons (Fsp3) is 0.462. The number of rotatable bonds is 4. The van der Waals surface area contributed by atoms with Gasteiger partial charge in [-0.3, -0.25) is 4.79 Å². The van der Waals surface area contributed by atoms with Crippen molar-refractivity contribution in [1.82, 2.24) is 5.32 Å². The molecule has 1 atom stereocenters. The fourth-order valence-electron chi connectivity index (χ4n) is 1.93. The Labute approximate surface area is 105 Å². The van der Waals surface area contributed by atoms with E-state index in [-0.39, 0.29) is 17.6 Å². The summed E-state index contributed by atoms with van der Waals surface area (Å²) in [4.78, 5) is 12.0. The first-order valence-electron chi connectivity index (χ1n) is 5.88. The number of hydrogen-bond acceptors (Lipinski definition) is 4. The Hall–Kier alpha value is -1.46. The number of nitrogens with one attached hydrogen (secondary N) is 1. The van der Waals surface area contributed by atoms with Crippen molar-refractivity contribution in [2.75, 3.05) is 26.9 Å². The number of hydrogen-bond donors (Lipinski definition) is 1. The quantitative estimate of drug-likeness (QED) is 0.824. The summed E-state index contributed by atoms with van der Waals surface area (Å²) in [6.07, 6.45) is 0.311. The lowest BCUT2D eigenvalue weighted by Gasteiger charge is -2.23. The van der Waals surface area contributed by atoms with Crippen LogP contribution in [0.1, 0.15) is 16.8 Å². The molecule has 1 fully saturated rings. The molecule has 98 valence electrons. The lowest BCUT2D eigenvalue weighted by atomic mass is 10.0. The van der Waals surface area contributed by atoms with Gasteiger partial charge < -0.3 is 14.8 Å². The largest absolute Gasteiger partial charge is 0.494 e. The van der Waals surface area contributed by atoms with Gasteiger partial charge in [0.25, 0.3) is 0 Å². The van der Waals surface area contributed by atoms with E-state index >= 15 is 0 Å². The van der Waals surface area contributed by atoms with Crippen molar-refractivity contribution in [1.29, 1.82) is 0 Å². The van der Waals surface area contributed by atoms with Crippen LogP contribution < -0.4 is 10.1 Å². The van der Waals surface area contributed by atoms with Gasteiger partial charge >= 0.3 is 0 Å². The molecule has 1 unspecified atom stereocenters. The van der Waals surface area contributed by atoms with E-state index in [4.69, 9.17) is 9.47 Å². The van der Waals surface area contributed by atoms with Gasteiger partial charge in [-0.1, -0.05) is 0 Å². The number of carbonyl (C=O) groups is 1. The molecule has 0 saturated carbocycles. The van der Waals surface area contributed by atoms with Gasteiger partial charge in [-0.05, 0) is 18.2 Å². The van der Waals surface area contributed by atoms with Crippen LogP contribution in [-0.2, 0) is 4.74 Å². The number of methoxy groups -OCH3 is 1. The van der Waals surface area contributed by atoms with Gasteiger partial charge in [0.1, 0.15) is 0 Å². The highest BCUT2D eigenvalue weighted by Crippen LogP contribution is 2.19. The number of carbonyl (C=O) groups excluding carboxylic acids is 1. The molecular formula is C13H16FNO3. The summed E-state index contributed by atoms with van der Waals surface area (Å²) in [6, 6.07) is 4.27. The van der Waals surface area contributed by atoms with E-state index in [9.17, 15) is 9.18 Å². The summed E-state index contributed by atoms with van der Waals surface area (Å²) in [6.45, 7) is 1.93. The van der Waals surface area contributed by atoms with E-state index in [1.165, 1.54) is 19.2 Å². The van der Waals surface area contributed by atoms with Crippen molar-refractivity contribution in [3.63, 3.8) is 0 Å². The SMILES string of the molecule is COc1ccc(C(=O)CC2COCCN2)cc1F. The second-order valence-electron chi connectivity index (χ2n) is 4.20. The molecule has 0 amide bonds. The van der Waals surface area contributed by atoms with Crippen LogP contribution in [0.25, 0.3) is 0 Å². The molecule has 18 heavy (non-hydrogen) atoms. The third kappa shape index (κ3) is 3.05. The van der Waals surface area contributed by atoms with E-state index in [0.29, 0.717) is 25.2 Å². The van der Waals surface area contributed by atoms with Crippen molar-refractivity contribution in [3.05, 3.63) is 29.6 Å². The van der Waals surface area contributed by atoms with Crippen LogP contribution in [0, 0.1) is 5.82 Å². The number of morpholine rings is 1. The number of ether oxygens (including phenoxy) is 2. The summed E-state index contributed by atoms with van der Waals surface area (Å²) in [7, 11) is 1.39. The highest BCUT2D eigenvalue weighted by atomic mass is 19.1. The van der Waals surface area contributed by atoms with E-state index in [0.717, 1.165) is 6.54 Å². The minimum atomic E-state index is -0.517. The molecule has 1 saturated heterocycles.